The van der Waals surface area contributed by atoms with Crippen LogP contribution in [0.4, 0.5) is 0 Å². The molecule has 6 heteroatoms. The molecule has 0 heterocycles. The minimum absolute atomic E-state index is 0. The van der Waals surface area contributed by atoms with Crippen molar-refractivity contribution in [1.82, 2.24) is 0 Å². The van der Waals surface area contributed by atoms with Crippen LogP contribution in [0.25, 0.3) is 0 Å². The van der Waals surface area contributed by atoms with Crippen LogP contribution >= 0.6 is 7.82 Å². The van der Waals surface area contributed by atoms with Crippen LogP contribution in [0.3, 0.4) is 0 Å². The molecular weight excluding hydrogens is 330 g/mol. The van der Waals surface area contributed by atoms with Gasteiger partial charge < -0.3 is 4.52 Å². The van der Waals surface area contributed by atoms with Gasteiger partial charge in [-0.3, -0.25) is 9.79 Å². The third kappa shape index (κ3) is 5.48. The van der Waals surface area contributed by atoms with Crippen molar-refractivity contribution in [2.75, 3.05) is 0 Å². The van der Waals surface area contributed by atoms with Crippen LogP contribution in [0, 0.1) is 0 Å². The molecular formula is C19H26LiO4P. The quantitative estimate of drug-likeness (QED) is 0.638. The summed E-state index contributed by atoms with van der Waals surface area (Å²) in [6, 6.07) is 15.7. The zero-order valence-electron chi connectivity index (χ0n) is 14.8. The van der Waals surface area contributed by atoms with Crippen LogP contribution in [0.15, 0.2) is 48.5 Å². The molecule has 2 N–H and O–H groups in total. The van der Waals surface area contributed by atoms with Crippen molar-refractivity contribution in [1.29, 1.82) is 0 Å². The zero-order chi connectivity index (χ0) is 18.2. The Kier molecular flexibility index (Phi) is 6.79. The van der Waals surface area contributed by atoms with Crippen LogP contribution in [0.2, 0.25) is 0 Å². The standard InChI is InChI=1S/C19H25O4P.Li.H/c1-18(2,3)16-13-15(11-12-17(16)23-24(20,21)22)19(4,5)14-9-7-6-8-10-14;;/h6-13H,1-5H3,(H2,20,21,22);;. The van der Waals surface area contributed by atoms with Gasteiger partial charge in [0.1, 0.15) is 5.75 Å². The topological polar surface area (TPSA) is 66.8 Å². The van der Waals surface area contributed by atoms with Crippen molar-refractivity contribution in [2.24, 2.45) is 0 Å². The Labute approximate surface area is 162 Å². The fraction of sp³-hybridized carbons (Fsp3) is 0.368. The van der Waals surface area contributed by atoms with Crippen molar-refractivity contribution in [3.05, 3.63) is 65.2 Å². The summed E-state index contributed by atoms with van der Waals surface area (Å²) in [5.41, 5.74) is 2.47. The van der Waals surface area contributed by atoms with Crippen LogP contribution in [0.5, 0.6) is 5.75 Å². The molecule has 0 aliphatic heterocycles. The van der Waals surface area contributed by atoms with Gasteiger partial charge in [-0.2, -0.15) is 0 Å². The van der Waals surface area contributed by atoms with E-state index in [9.17, 15) is 4.57 Å². The number of rotatable bonds is 4. The third-order valence-corrected chi connectivity index (χ3v) is 4.66. The number of hydrogen-bond donors (Lipinski definition) is 2. The summed E-state index contributed by atoms with van der Waals surface area (Å²) in [4.78, 5) is 18.3. The van der Waals surface area contributed by atoms with Gasteiger partial charge in [0.25, 0.3) is 0 Å². The van der Waals surface area contributed by atoms with Crippen molar-refractivity contribution < 1.29 is 18.9 Å². The van der Waals surface area contributed by atoms with E-state index in [4.69, 9.17) is 14.3 Å². The molecule has 2 aromatic carbocycles. The first kappa shape index (κ1) is 22.0. The molecule has 4 nitrogen and oxygen atoms in total. The van der Waals surface area contributed by atoms with E-state index in [1.807, 2.05) is 51.1 Å². The van der Waals surface area contributed by atoms with Crippen molar-refractivity contribution in [3.8, 4) is 5.75 Å². The van der Waals surface area contributed by atoms with Gasteiger partial charge in [-0.25, -0.2) is 4.57 Å². The van der Waals surface area contributed by atoms with Crippen LogP contribution < -0.4 is 4.52 Å². The molecule has 25 heavy (non-hydrogen) atoms. The summed E-state index contributed by atoms with van der Waals surface area (Å²) in [7, 11) is -4.60. The van der Waals surface area contributed by atoms with Gasteiger partial charge in [-0.15, -0.1) is 0 Å². The maximum atomic E-state index is 11.3. The van der Waals surface area contributed by atoms with Gasteiger partial charge >= 0.3 is 26.7 Å². The van der Waals surface area contributed by atoms with Crippen molar-refractivity contribution in [3.63, 3.8) is 0 Å². The average Bonchev–Trinajstić information content (AvgIpc) is 2.45. The molecule has 0 aromatic heterocycles. The molecule has 0 fully saturated rings. The van der Waals surface area contributed by atoms with E-state index >= 15 is 0 Å². The first-order valence-corrected chi connectivity index (χ1v) is 9.40. The molecule has 2 rings (SSSR count). The Morgan fingerprint density at radius 2 is 1.44 bits per heavy atom. The van der Waals surface area contributed by atoms with E-state index in [1.165, 1.54) is 5.56 Å². The fourth-order valence-electron chi connectivity index (χ4n) is 2.73. The minimum atomic E-state index is -4.60. The molecule has 0 saturated carbocycles. The predicted octanol–water partition coefficient (Wildman–Crippen LogP) is 4.13. The molecule has 0 aliphatic rings. The van der Waals surface area contributed by atoms with E-state index in [0.29, 0.717) is 0 Å². The van der Waals surface area contributed by atoms with Crippen molar-refractivity contribution >= 4 is 26.7 Å². The molecule has 0 aliphatic carbocycles. The second-order valence-electron chi connectivity index (χ2n) is 7.53. The van der Waals surface area contributed by atoms with Crippen LogP contribution in [-0.4, -0.2) is 28.6 Å². The Morgan fingerprint density at radius 3 is 1.92 bits per heavy atom. The molecule has 0 spiro atoms. The van der Waals surface area contributed by atoms with Gasteiger partial charge in [0, 0.05) is 11.0 Å². The summed E-state index contributed by atoms with van der Waals surface area (Å²) in [5, 5.41) is 0. The zero-order valence-corrected chi connectivity index (χ0v) is 15.7. The number of phosphoric ester groups is 1. The van der Waals surface area contributed by atoms with Gasteiger partial charge in [0.2, 0.25) is 0 Å². The molecule has 2 aromatic rings. The van der Waals surface area contributed by atoms with Gasteiger partial charge in [0.15, 0.2) is 0 Å². The van der Waals surface area contributed by atoms with Crippen LogP contribution in [-0.2, 0) is 15.4 Å². The normalized spacial score (nSPS) is 12.4. The molecule has 0 amide bonds. The molecule has 0 radical (unpaired) electrons. The summed E-state index contributed by atoms with van der Waals surface area (Å²) in [6.45, 7) is 10.2. The van der Waals surface area contributed by atoms with Gasteiger partial charge in [-0.05, 0) is 22.6 Å². The van der Waals surface area contributed by atoms with E-state index in [-0.39, 0.29) is 35.4 Å². The number of phosphoric acid groups is 1. The number of hydrogen-bond acceptors (Lipinski definition) is 2. The molecule has 0 atom stereocenters. The van der Waals surface area contributed by atoms with E-state index in [0.717, 1.165) is 11.1 Å². The molecule has 0 bridgehead atoms. The first-order chi connectivity index (χ1) is 10.9. The predicted molar refractivity (Wildman–Crippen MR) is 104 cm³/mol. The summed E-state index contributed by atoms with van der Waals surface area (Å²) < 4.78 is 16.2. The second-order valence-corrected chi connectivity index (χ2v) is 8.70. The number of benzene rings is 2. The molecule has 132 valence electrons. The first-order valence-electron chi connectivity index (χ1n) is 7.87. The van der Waals surface area contributed by atoms with Crippen LogP contribution in [0.1, 0.15) is 51.3 Å². The van der Waals surface area contributed by atoms with E-state index in [2.05, 4.69) is 26.0 Å². The third-order valence-electron chi connectivity index (χ3n) is 4.22. The molecule has 0 saturated heterocycles. The second kappa shape index (κ2) is 7.70. The Hall–Kier alpha value is -1.01. The Bertz CT molecular complexity index is 761. The molecule has 0 unspecified atom stereocenters. The van der Waals surface area contributed by atoms with Crippen molar-refractivity contribution in [2.45, 2.75) is 45.4 Å². The Morgan fingerprint density at radius 1 is 0.880 bits per heavy atom. The maximum absolute atomic E-state index is 11.3. The van der Waals surface area contributed by atoms with E-state index in [1.54, 1.807) is 6.07 Å². The summed E-state index contributed by atoms with van der Waals surface area (Å²) >= 11 is 0. The van der Waals surface area contributed by atoms with E-state index < -0.39 is 7.82 Å². The fourth-order valence-corrected chi connectivity index (χ4v) is 3.15. The monoisotopic (exact) mass is 356 g/mol. The summed E-state index contributed by atoms with van der Waals surface area (Å²) in [5.74, 6) is 0.225. The SMILES string of the molecule is CC(C)(C)c1cc(C(C)(C)c2ccccc2)ccc1OP(=O)(O)O.[LiH]. The average molecular weight is 356 g/mol. The Balaban J connectivity index is 0.00000312. The van der Waals surface area contributed by atoms with Gasteiger partial charge in [0.05, 0.1) is 0 Å². The van der Waals surface area contributed by atoms with Gasteiger partial charge in [-0.1, -0.05) is 77.1 Å². The summed E-state index contributed by atoms with van der Waals surface area (Å²) in [6.07, 6.45) is 0.